The van der Waals surface area contributed by atoms with Gasteiger partial charge in [-0.25, -0.2) is 4.79 Å². The number of nitrogens with zero attached hydrogens (tertiary/aromatic N) is 1. The van der Waals surface area contributed by atoms with Crippen molar-refractivity contribution in [1.29, 1.82) is 0 Å². The zero-order valence-corrected chi connectivity index (χ0v) is 32.0. The number of benzene rings is 3. The molecule has 0 fully saturated rings. The fourth-order valence-electron chi connectivity index (χ4n) is 6.07. The normalized spacial score (nSPS) is 12.9. The highest BCUT2D eigenvalue weighted by atomic mass is 32.1. The number of anilines is 1. The Balaban J connectivity index is 1.41. The van der Waals surface area contributed by atoms with Crippen molar-refractivity contribution in [3.63, 3.8) is 0 Å². The molecule has 0 aliphatic rings. The first-order valence-electron chi connectivity index (χ1n) is 18.4. The second kappa shape index (κ2) is 20.9. The maximum absolute atomic E-state index is 14.3. The van der Waals surface area contributed by atoms with Gasteiger partial charge in [-0.1, -0.05) is 79.7 Å². The van der Waals surface area contributed by atoms with Gasteiger partial charge >= 0.3 is 5.97 Å². The number of aromatic nitrogens is 1. The van der Waals surface area contributed by atoms with Crippen LogP contribution >= 0.6 is 11.3 Å². The average molecular weight is 789 g/mol. The van der Waals surface area contributed by atoms with E-state index in [2.05, 4.69) is 31.6 Å². The number of carbonyl (C=O) groups is 6. The van der Waals surface area contributed by atoms with Gasteiger partial charge in [0.1, 0.15) is 24.2 Å². The lowest BCUT2D eigenvalue weighted by Crippen LogP contribution is -2.59. The molecule has 294 valence electrons. The summed E-state index contributed by atoms with van der Waals surface area (Å²) in [5.41, 5.74) is 4.43. The molecular formula is C43H44N6O7S. The third-order valence-electron chi connectivity index (χ3n) is 9.15. The molecule has 13 nitrogen and oxygen atoms in total. The number of nitrogens with one attached hydrogen (secondary N) is 5. The van der Waals surface area contributed by atoms with Crippen molar-refractivity contribution < 1.29 is 33.9 Å². The van der Waals surface area contributed by atoms with E-state index in [1.165, 1.54) is 23.7 Å². The third-order valence-corrected chi connectivity index (χ3v) is 10.0. The summed E-state index contributed by atoms with van der Waals surface area (Å²) in [7, 11) is 0. The van der Waals surface area contributed by atoms with E-state index >= 15 is 0 Å². The predicted molar refractivity (Wildman–Crippen MR) is 217 cm³/mol. The maximum atomic E-state index is 14.3. The van der Waals surface area contributed by atoms with Gasteiger partial charge < -0.3 is 31.7 Å². The highest BCUT2D eigenvalue weighted by Crippen LogP contribution is 2.20. The van der Waals surface area contributed by atoms with Gasteiger partial charge in [0, 0.05) is 55.1 Å². The van der Waals surface area contributed by atoms with Crippen molar-refractivity contribution in [2.24, 2.45) is 0 Å². The van der Waals surface area contributed by atoms with Crippen molar-refractivity contribution >= 4 is 53.0 Å². The molecule has 0 spiro atoms. The van der Waals surface area contributed by atoms with Crippen LogP contribution in [0.25, 0.3) is 11.1 Å². The van der Waals surface area contributed by atoms with E-state index in [0.29, 0.717) is 23.2 Å². The minimum absolute atomic E-state index is 0.0154. The van der Waals surface area contributed by atoms with Crippen LogP contribution in [0.15, 0.2) is 121 Å². The summed E-state index contributed by atoms with van der Waals surface area (Å²) in [5.74, 6) is -3.65. The number of hydrogen-bond donors (Lipinski definition) is 6. The highest BCUT2D eigenvalue weighted by molar-refractivity contribution is 7.09. The van der Waals surface area contributed by atoms with E-state index in [0.717, 1.165) is 21.6 Å². The largest absolute Gasteiger partial charge is 0.480 e. The number of hydrogen-bond acceptors (Lipinski definition) is 8. The molecule has 0 aliphatic heterocycles. The zero-order valence-electron chi connectivity index (χ0n) is 31.2. The summed E-state index contributed by atoms with van der Waals surface area (Å²) >= 11 is 1.44. The van der Waals surface area contributed by atoms with Gasteiger partial charge in [0.15, 0.2) is 0 Å². The van der Waals surface area contributed by atoms with Crippen molar-refractivity contribution in [2.75, 3.05) is 5.32 Å². The van der Waals surface area contributed by atoms with E-state index in [1.54, 1.807) is 43.3 Å². The van der Waals surface area contributed by atoms with Crippen molar-refractivity contribution in [1.82, 2.24) is 26.3 Å². The van der Waals surface area contributed by atoms with Gasteiger partial charge in [0.2, 0.25) is 30.0 Å². The molecular weight excluding hydrogens is 745 g/mol. The molecule has 0 unspecified atom stereocenters. The molecule has 0 bridgehead atoms. The number of carboxylic acid groups (broad SMARTS) is 1. The predicted octanol–water partition coefficient (Wildman–Crippen LogP) is 4.08. The Hall–Kier alpha value is -6.67. The maximum Gasteiger partial charge on any atom is 0.326 e. The summed E-state index contributed by atoms with van der Waals surface area (Å²) in [6, 6.07) is 26.1. The van der Waals surface area contributed by atoms with Gasteiger partial charge in [-0.05, 0) is 63.5 Å². The van der Waals surface area contributed by atoms with Crippen LogP contribution in [0.2, 0.25) is 0 Å². The Morgan fingerprint density at radius 3 is 1.65 bits per heavy atom. The summed E-state index contributed by atoms with van der Waals surface area (Å²) in [6.45, 7) is 1.68. The highest BCUT2D eigenvalue weighted by Gasteiger charge is 2.32. The summed E-state index contributed by atoms with van der Waals surface area (Å²) in [4.78, 5) is 82.9. The standard InChI is InChI=1S/C43H44N6O7S/c1-2-39(51)46-37(26-34-9-6-22-57-34)42(54)48-35(23-28-10-14-32(15-11-28)31-7-4-3-5-8-31)40(52)47-36(24-30-18-20-44-21-19-30)41(53)49-38(43(55)56)25-29-12-16-33(17-13-29)45-27-50/h3-22,27,35-38H,2,23-26H2,1H3,(H,45,50)(H,46,51)(H,47,52)(H,48,54)(H,49,53)(H,55,56)/t35-,36+,37+,38-/m0/s1. The lowest BCUT2D eigenvalue weighted by molar-refractivity contribution is -0.142. The first-order chi connectivity index (χ1) is 27.6. The molecule has 5 rings (SSSR count). The van der Waals surface area contributed by atoms with Crippen LogP contribution in [0.5, 0.6) is 0 Å². The van der Waals surface area contributed by atoms with Gasteiger partial charge in [-0.3, -0.25) is 29.0 Å². The Bertz CT molecular complexity index is 2100. The Morgan fingerprint density at radius 2 is 1.12 bits per heavy atom. The Labute approximate surface area is 334 Å². The van der Waals surface area contributed by atoms with Crippen LogP contribution < -0.4 is 26.6 Å². The zero-order chi connectivity index (χ0) is 40.6. The minimum atomic E-state index is -1.36. The molecule has 3 aromatic carbocycles. The first-order valence-corrected chi connectivity index (χ1v) is 19.3. The summed E-state index contributed by atoms with van der Waals surface area (Å²) < 4.78 is 0. The molecule has 2 heterocycles. The smallest absolute Gasteiger partial charge is 0.326 e. The van der Waals surface area contributed by atoms with Gasteiger partial charge in [-0.2, -0.15) is 0 Å². The van der Waals surface area contributed by atoms with E-state index in [4.69, 9.17) is 0 Å². The van der Waals surface area contributed by atoms with E-state index in [1.807, 2.05) is 72.1 Å². The van der Waals surface area contributed by atoms with Gasteiger partial charge in [-0.15, -0.1) is 11.3 Å². The van der Waals surface area contributed by atoms with Crippen LogP contribution in [-0.2, 0) is 54.5 Å². The Morgan fingerprint density at radius 1 is 0.614 bits per heavy atom. The number of carbonyl (C=O) groups excluding carboxylic acids is 5. The molecule has 57 heavy (non-hydrogen) atoms. The SMILES string of the molecule is CCC(=O)N[C@H](Cc1cccs1)C(=O)N[C@@H](Cc1ccc(-c2ccccc2)cc1)C(=O)N[C@H](Cc1ccncc1)C(=O)N[C@@H](Cc1ccc(NC=O)cc1)C(=O)O. The minimum Gasteiger partial charge on any atom is -0.480 e. The molecule has 4 atom stereocenters. The quantitative estimate of drug-likeness (QED) is 0.0635. The van der Waals surface area contributed by atoms with E-state index < -0.39 is 47.9 Å². The molecule has 14 heteroatoms. The molecule has 0 saturated carbocycles. The van der Waals surface area contributed by atoms with E-state index in [-0.39, 0.29) is 38.0 Å². The summed E-state index contributed by atoms with van der Waals surface area (Å²) in [6.07, 6.45) is 3.90. The topological polar surface area (TPSA) is 196 Å². The second-order valence-electron chi connectivity index (χ2n) is 13.3. The number of thiophene rings is 1. The fourth-order valence-corrected chi connectivity index (χ4v) is 6.82. The Kier molecular flexibility index (Phi) is 15.2. The number of pyridine rings is 1. The van der Waals surface area contributed by atoms with Crippen LogP contribution in [0.1, 0.15) is 34.9 Å². The number of carboxylic acids is 1. The lowest BCUT2D eigenvalue weighted by atomic mass is 9.99. The molecule has 2 aromatic heterocycles. The third kappa shape index (κ3) is 12.7. The van der Waals surface area contributed by atoms with Crippen molar-refractivity contribution in [2.45, 2.75) is 63.2 Å². The summed E-state index contributed by atoms with van der Waals surface area (Å²) in [5, 5.41) is 25.5. The molecule has 5 aromatic rings. The number of rotatable bonds is 20. The van der Waals surface area contributed by atoms with Crippen LogP contribution in [0.3, 0.4) is 0 Å². The van der Waals surface area contributed by atoms with Gasteiger partial charge in [0.25, 0.3) is 0 Å². The molecule has 0 aliphatic carbocycles. The van der Waals surface area contributed by atoms with Crippen molar-refractivity contribution in [3.8, 4) is 11.1 Å². The molecule has 0 saturated heterocycles. The number of aliphatic carboxylic acids is 1. The molecule has 0 radical (unpaired) electrons. The second-order valence-corrected chi connectivity index (χ2v) is 14.3. The van der Waals surface area contributed by atoms with Crippen LogP contribution in [-0.4, -0.2) is 70.3 Å². The van der Waals surface area contributed by atoms with Crippen LogP contribution in [0, 0.1) is 0 Å². The number of amides is 5. The van der Waals surface area contributed by atoms with Crippen molar-refractivity contribution in [3.05, 3.63) is 142 Å². The molecule has 5 amide bonds. The fraction of sp³-hybridized carbons (Fsp3) is 0.233. The molecule has 6 N–H and O–H groups in total. The average Bonchev–Trinajstić information content (AvgIpc) is 3.74. The monoisotopic (exact) mass is 788 g/mol. The van der Waals surface area contributed by atoms with E-state index in [9.17, 15) is 33.9 Å². The van der Waals surface area contributed by atoms with Crippen LogP contribution in [0.4, 0.5) is 5.69 Å². The lowest BCUT2D eigenvalue weighted by Gasteiger charge is -2.26. The van der Waals surface area contributed by atoms with Gasteiger partial charge in [0.05, 0.1) is 0 Å². The first kappa shape index (κ1) is 41.5.